The normalized spacial score (nSPS) is 11.6. The standard InChI is InChI=1S/C9H9ClN4O2S/c10-7-2-1-3-8(4-7)17(15,16)13-5-9-11-6-12-14-9/h1-4,6,13H,5H2,(H,11,12,14). The van der Waals surface area contributed by atoms with E-state index in [0.717, 1.165) is 0 Å². The topological polar surface area (TPSA) is 87.7 Å². The molecule has 1 aromatic heterocycles. The Morgan fingerprint density at radius 2 is 2.24 bits per heavy atom. The summed E-state index contributed by atoms with van der Waals surface area (Å²) in [6.45, 7) is 0.0504. The molecule has 6 nitrogen and oxygen atoms in total. The zero-order valence-corrected chi connectivity index (χ0v) is 10.2. The largest absolute Gasteiger partial charge is 0.262 e. The SMILES string of the molecule is O=S(=O)(NCc1ncn[nH]1)c1cccc(Cl)c1. The zero-order valence-electron chi connectivity index (χ0n) is 8.59. The molecular weight excluding hydrogens is 264 g/mol. The van der Waals surface area contributed by atoms with E-state index in [2.05, 4.69) is 19.9 Å². The molecule has 0 saturated carbocycles. The van der Waals surface area contributed by atoms with E-state index < -0.39 is 10.0 Å². The molecule has 8 heteroatoms. The zero-order chi connectivity index (χ0) is 12.3. The summed E-state index contributed by atoms with van der Waals surface area (Å²) >= 11 is 5.73. The van der Waals surface area contributed by atoms with Gasteiger partial charge in [-0.1, -0.05) is 17.7 Å². The number of benzene rings is 1. The summed E-state index contributed by atoms with van der Waals surface area (Å²) in [7, 11) is -3.58. The van der Waals surface area contributed by atoms with Gasteiger partial charge in [-0.3, -0.25) is 5.10 Å². The van der Waals surface area contributed by atoms with Crippen LogP contribution >= 0.6 is 11.6 Å². The van der Waals surface area contributed by atoms with Crippen LogP contribution in [0.5, 0.6) is 0 Å². The van der Waals surface area contributed by atoms with Crippen molar-refractivity contribution in [1.82, 2.24) is 19.9 Å². The highest BCUT2D eigenvalue weighted by atomic mass is 35.5. The lowest BCUT2D eigenvalue weighted by Crippen LogP contribution is -2.23. The lowest BCUT2D eigenvalue weighted by Gasteiger charge is -2.05. The monoisotopic (exact) mass is 272 g/mol. The molecule has 0 atom stereocenters. The molecule has 0 fully saturated rings. The number of aromatic amines is 1. The van der Waals surface area contributed by atoms with Crippen molar-refractivity contribution in [2.75, 3.05) is 0 Å². The summed E-state index contributed by atoms with van der Waals surface area (Å²) in [6, 6.07) is 6.03. The molecular formula is C9H9ClN4O2S. The van der Waals surface area contributed by atoms with Gasteiger partial charge in [0.1, 0.15) is 12.2 Å². The predicted octanol–water partition coefficient (Wildman–Crippen LogP) is 0.937. The molecule has 0 spiro atoms. The Bertz CT molecular complexity index is 597. The Hall–Kier alpha value is -1.44. The maximum Gasteiger partial charge on any atom is 0.241 e. The van der Waals surface area contributed by atoms with Crippen LogP contribution in [-0.2, 0) is 16.6 Å². The Labute approximate surface area is 103 Å². The first kappa shape index (κ1) is 12.0. The number of sulfonamides is 1. The quantitative estimate of drug-likeness (QED) is 0.867. The van der Waals surface area contributed by atoms with Gasteiger partial charge in [0.2, 0.25) is 10.0 Å². The average Bonchev–Trinajstić information content (AvgIpc) is 2.79. The first-order valence-electron chi connectivity index (χ1n) is 4.67. The van der Waals surface area contributed by atoms with Gasteiger partial charge in [-0.25, -0.2) is 18.1 Å². The molecule has 0 aliphatic rings. The van der Waals surface area contributed by atoms with Crippen LogP contribution in [0.1, 0.15) is 5.82 Å². The van der Waals surface area contributed by atoms with Gasteiger partial charge in [-0.15, -0.1) is 0 Å². The second-order valence-corrected chi connectivity index (χ2v) is 5.42. The molecule has 0 amide bonds. The molecule has 2 aromatic rings. The van der Waals surface area contributed by atoms with Crippen molar-refractivity contribution in [3.8, 4) is 0 Å². The minimum absolute atomic E-state index is 0.0504. The van der Waals surface area contributed by atoms with E-state index in [1.165, 1.54) is 18.5 Å². The van der Waals surface area contributed by atoms with Gasteiger partial charge in [0, 0.05) is 5.02 Å². The lowest BCUT2D eigenvalue weighted by atomic mass is 10.4. The van der Waals surface area contributed by atoms with Crippen molar-refractivity contribution in [2.24, 2.45) is 0 Å². The van der Waals surface area contributed by atoms with Crippen LogP contribution in [0.3, 0.4) is 0 Å². The van der Waals surface area contributed by atoms with Crippen molar-refractivity contribution >= 4 is 21.6 Å². The fourth-order valence-corrected chi connectivity index (χ4v) is 2.49. The number of rotatable bonds is 4. The Morgan fingerprint density at radius 1 is 1.41 bits per heavy atom. The lowest BCUT2D eigenvalue weighted by molar-refractivity contribution is 0.579. The molecule has 2 rings (SSSR count). The third-order valence-electron chi connectivity index (χ3n) is 2.00. The van der Waals surface area contributed by atoms with Crippen LogP contribution in [-0.4, -0.2) is 23.6 Å². The molecule has 1 aromatic carbocycles. The highest BCUT2D eigenvalue weighted by Crippen LogP contribution is 2.15. The second kappa shape index (κ2) is 4.82. The Balaban J connectivity index is 2.14. The van der Waals surface area contributed by atoms with Gasteiger partial charge in [-0.05, 0) is 18.2 Å². The molecule has 0 aliphatic heterocycles. The molecule has 0 bridgehead atoms. The first-order chi connectivity index (χ1) is 8.08. The van der Waals surface area contributed by atoms with Crippen LogP contribution < -0.4 is 4.72 Å². The van der Waals surface area contributed by atoms with Gasteiger partial charge in [-0.2, -0.15) is 5.10 Å². The first-order valence-corrected chi connectivity index (χ1v) is 6.53. The van der Waals surface area contributed by atoms with Crippen molar-refractivity contribution in [1.29, 1.82) is 0 Å². The fraction of sp³-hybridized carbons (Fsp3) is 0.111. The van der Waals surface area contributed by atoms with Crippen molar-refractivity contribution in [2.45, 2.75) is 11.4 Å². The highest BCUT2D eigenvalue weighted by Gasteiger charge is 2.14. The second-order valence-electron chi connectivity index (χ2n) is 3.21. The third-order valence-corrected chi connectivity index (χ3v) is 3.63. The summed E-state index contributed by atoms with van der Waals surface area (Å²) in [5, 5.41) is 6.54. The molecule has 2 N–H and O–H groups in total. The van der Waals surface area contributed by atoms with Gasteiger partial charge in [0.15, 0.2) is 0 Å². The van der Waals surface area contributed by atoms with Crippen molar-refractivity contribution in [3.63, 3.8) is 0 Å². The summed E-state index contributed by atoms with van der Waals surface area (Å²) in [6.07, 6.45) is 1.31. The van der Waals surface area contributed by atoms with Gasteiger partial charge >= 0.3 is 0 Å². The molecule has 0 aliphatic carbocycles. The molecule has 17 heavy (non-hydrogen) atoms. The summed E-state index contributed by atoms with van der Waals surface area (Å²) in [5.41, 5.74) is 0. The molecule has 0 radical (unpaired) electrons. The minimum Gasteiger partial charge on any atom is -0.262 e. The van der Waals surface area contributed by atoms with E-state index >= 15 is 0 Å². The summed E-state index contributed by atoms with van der Waals surface area (Å²) < 4.78 is 26.1. The van der Waals surface area contributed by atoms with Crippen LogP contribution in [0.2, 0.25) is 5.02 Å². The van der Waals surface area contributed by atoms with Gasteiger partial charge in [0.25, 0.3) is 0 Å². The summed E-state index contributed by atoms with van der Waals surface area (Å²) in [5.74, 6) is 0.440. The molecule has 90 valence electrons. The average molecular weight is 273 g/mol. The maximum atomic E-state index is 11.8. The van der Waals surface area contributed by atoms with E-state index in [4.69, 9.17) is 11.6 Å². The van der Waals surface area contributed by atoms with E-state index in [-0.39, 0.29) is 11.4 Å². The maximum absolute atomic E-state index is 11.8. The number of halogens is 1. The summed E-state index contributed by atoms with van der Waals surface area (Å²) in [4.78, 5) is 3.93. The number of nitrogens with zero attached hydrogens (tertiary/aromatic N) is 2. The number of hydrogen-bond donors (Lipinski definition) is 2. The highest BCUT2D eigenvalue weighted by molar-refractivity contribution is 7.89. The number of nitrogens with one attached hydrogen (secondary N) is 2. The Morgan fingerprint density at radius 3 is 2.88 bits per heavy atom. The van der Waals surface area contributed by atoms with Crippen LogP contribution in [0, 0.1) is 0 Å². The predicted molar refractivity (Wildman–Crippen MR) is 61.9 cm³/mol. The van der Waals surface area contributed by atoms with E-state index in [1.54, 1.807) is 12.1 Å². The van der Waals surface area contributed by atoms with Crippen LogP contribution in [0.25, 0.3) is 0 Å². The Kier molecular flexibility index (Phi) is 3.41. The van der Waals surface area contributed by atoms with Crippen molar-refractivity contribution in [3.05, 3.63) is 41.4 Å². The smallest absolute Gasteiger partial charge is 0.241 e. The van der Waals surface area contributed by atoms with Crippen LogP contribution in [0.4, 0.5) is 0 Å². The van der Waals surface area contributed by atoms with Crippen LogP contribution in [0.15, 0.2) is 35.5 Å². The van der Waals surface area contributed by atoms with Gasteiger partial charge in [0.05, 0.1) is 11.4 Å². The number of aromatic nitrogens is 3. The number of H-pyrrole nitrogens is 1. The minimum atomic E-state index is -3.58. The van der Waals surface area contributed by atoms with E-state index in [9.17, 15) is 8.42 Å². The molecule has 1 heterocycles. The molecule has 0 saturated heterocycles. The van der Waals surface area contributed by atoms with Crippen molar-refractivity contribution < 1.29 is 8.42 Å². The van der Waals surface area contributed by atoms with Gasteiger partial charge < -0.3 is 0 Å². The molecule has 0 unspecified atom stereocenters. The third kappa shape index (κ3) is 3.02. The number of hydrogen-bond acceptors (Lipinski definition) is 4. The fourth-order valence-electron chi connectivity index (χ4n) is 1.20. The van der Waals surface area contributed by atoms with E-state index in [1.807, 2.05) is 0 Å². The van der Waals surface area contributed by atoms with E-state index in [0.29, 0.717) is 10.8 Å².